The largest absolute Gasteiger partial charge is 0.491 e. The molecule has 1 atom stereocenters. The quantitative estimate of drug-likeness (QED) is 0.739. The highest BCUT2D eigenvalue weighted by Gasteiger charge is 2.18. The predicted octanol–water partition coefficient (Wildman–Crippen LogP) is 3.96. The van der Waals surface area contributed by atoms with Crippen molar-refractivity contribution < 1.29 is 14.3 Å². The maximum absolute atomic E-state index is 12.3. The summed E-state index contributed by atoms with van der Waals surface area (Å²) in [6.45, 7) is 8.87. The van der Waals surface area contributed by atoms with Crippen molar-refractivity contribution in [2.45, 2.75) is 40.2 Å². The van der Waals surface area contributed by atoms with Gasteiger partial charge >= 0.3 is 0 Å². The van der Waals surface area contributed by atoms with Crippen molar-refractivity contribution in [1.29, 1.82) is 0 Å². The molecule has 4 nitrogen and oxygen atoms in total. The minimum absolute atomic E-state index is 0.115. The second-order valence-corrected chi connectivity index (χ2v) is 6.12. The van der Waals surface area contributed by atoms with E-state index in [1.54, 1.807) is 0 Å². The van der Waals surface area contributed by atoms with Crippen LogP contribution in [0, 0.1) is 20.8 Å². The van der Waals surface area contributed by atoms with Crippen LogP contribution in [0.25, 0.3) is 0 Å². The molecule has 4 heteroatoms. The summed E-state index contributed by atoms with van der Waals surface area (Å²) in [7, 11) is 0. The molecule has 0 aliphatic carbocycles. The lowest BCUT2D eigenvalue weighted by Crippen LogP contribution is -2.39. The van der Waals surface area contributed by atoms with Crippen LogP contribution in [0.15, 0.2) is 42.5 Å². The summed E-state index contributed by atoms with van der Waals surface area (Å²) < 4.78 is 11.6. The van der Waals surface area contributed by atoms with Gasteiger partial charge in [0.15, 0.2) is 6.10 Å². The number of amides is 1. The van der Waals surface area contributed by atoms with Crippen molar-refractivity contribution in [3.05, 3.63) is 59.2 Å². The third kappa shape index (κ3) is 5.24. The smallest absolute Gasteiger partial charge is 0.261 e. The summed E-state index contributed by atoms with van der Waals surface area (Å²) in [5.74, 6) is 1.49. The third-order valence-electron chi connectivity index (χ3n) is 4.24. The molecule has 0 saturated heterocycles. The molecule has 25 heavy (non-hydrogen) atoms. The van der Waals surface area contributed by atoms with Gasteiger partial charge in [-0.3, -0.25) is 4.79 Å². The van der Waals surface area contributed by atoms with E-state index >= 15 is 0 Å². The van der Waals surface area contributed by atoms with Gasteiger partial charge in [-0.25, -0.2) is 0 Å². The molecule has 0 aliphatic rings. The Morgan fingerprint density at radius 1 is 1.00 bits per heavy atom. The van der Waals surface area contributed by atoms with Crippen LogP contribution >= 0.6 is 0 Å². The van der Waals surface area contributed by atoms with Crippen molar-refractivity contribution in [2.75, 3.05) is 13.2 Å². The first kappa shape index (κ1) is 18.8. The van der Waals surface area contributed by atoms with Gasteiger partial charge in [0.05, 0.1) is 6.54 Å². The monoisotopic (exact) mass is 341 g/mol. The lowest BCUT2D eigenvalue weighted by atomic mass is 10.1. The number of nitrogens with one attached hydrogen (secondary N) is 1. The van der Waals surface area contributed by atoms with E-state index in [1.807, 2.05) is 57.2 Å². The molecule has 0 saturated carbocycles. The molecule has 0 aliphatic heterocycles. The standard InChI is InChI=1S/C21H27NO3/c1-5-18(25-19-11-7-6-9-16(19)3)21(23)22-13-14-24-20-12-8-10-15(2)17(20)4/h6-12,18H,5,13-14H2,1-4H3,(H,22,23)/t18-/m1/s1. The third-order valence-corrected chi connectivity index (χ3v) is 4.24. The Balaban J connectivity index is 1.82. The van der Waals surface area contributed by atoms with Gasteiger partial charge in [-0.2, -0.15) is 0 Å². The SMILES string of the molecule is CC[C@@H](Oc1ccccc1C)C(=O)NCCOc1cccc(C)c1C. The van der Waals surface area contributed by atoms with Crippen LogP contribution in [-0.2, 0) is 4.79 Å². The highest BCUT2D eigenvalue weighted by molar-refractivity contribution is 5.81. The molecule has 0 radical (unpaired) electrons. The van der Waals surface area contributed by atoms with Gasteiger partial charge in [0.2, 0.25) is 0 Å². The molecule has 1 N–H and O–H groups in total. The molecular weight excluding hydrogens is 314 g/mol. The number of carbonyl (C=O) groups is 1. The molecule has 0 unspecified atom stereocenters. The molecule has 1 amide bonds. The van der Waals surface area contributed by atoms with Gasteiger partial charge in [-0.05, 0) is 56.0 Å². The fourth-order valence-corrected chi connectivity index (χ4v) is 2.49. The van der Waals surface area contributed by atoms with Crippen LogP contribution in [0.3, 0.4) is 0 Å². The number of ether oxygens (including phenoxy) is 2. The van der Waals surface area contributed by atoms with Crippen LogP contribution in [0.5, 0.6) is 11.5 Å². The van der Waals surface area contributed by atoms with E-state index in [9.17, 15) is 4.79 Å². The lowest BCUT2D eigenvalue weighted by Gasteiger charge is -2.18. The van der Waals surface area contributed by atoms with E-state index < -0.39 is 6.10 Å². The first-order chi connectivity index (χ1) is 12.0. The average molecular weight is 341 g/mol. The highest BCUT2D eigenvalue weighted by Crippen LogP contribution is 2.20. The topological polar surface area (TPSA) is 47.6 Å². The van der Waals surface area contributed by atoms with Crippen LogP contribution in [0.4, 0.5) is 0 Å². The number of benzene rings is 2. The van der Waals surface area contributed by atoms with E-state index in [0.717, 1.165) is 22.6 Å². The Kier molecular flexibility index (Phi) is 6.87. The number of hydrogen-bond acceptors (Lipinski definition) is 3. The second kappa shape index (κ2) is 9.11. The molecule has 2 aromatic rings. The van der Waals surface area contributed by atoms with E-state index in [4.69, 9.17) is 9.47 Å². The summed E-state index contributed by atoms with van der Waals surface area (Å²) in [6, 6.07) is 13.7. The minimum atomic E-state index is -0.498. The Morgan fingerprint density at radius 2 is 1.68 bits per heavy atom. The zero-order valence-corrected chi connectivity index (χ0v) is 15.5. The average Bonchev–Trinajstić information content (AvgIpc) is 2.61. The maximum Gasteiger partial charge on any atom is 0.261 e. The summed E-state index contributed by atoms with van der Waals surface area (Å²) >= 11 is 0. The second-order valence-electron chi connectivity index (χ2n) is 6.12. The maximum atomic E-state index is 12.3. The summed E-state index contributed by atoms with van der Waals surface area (Å²) in [6.07, 6.45) is 0.111. The Morgan fingerprint density at radius 3 is 2.40 bits per heavy atom. The number of hydrogen-bond donors (Lipinski definition) is 1. The van der Waals surface area contributed by atoms with Crippen molar-refractivity contribution in [2.24, 2.45) is 0 Å². The molecule has 0 heterocycles. The molecule has 0 fully saturated rings. The highest BCUT2D eigenvalue weighted by atomic mass is 16.5. The molecule has 0 bridgehead atoms. The van der Waals surface area contributed by atoms with Crippen LogP contribution < -0.4 is 14.8 Å². The zero-order chi connectivity index (χ0) is 18.2. The van der Waals surface area contributed by atoms with E-state index in [1.165, 1.54) is 5.56 Å². The van der Waals surface area contributed by atoms with Gasteiger partial charge in [-0.15, -0.1) is 0 Å². The fourth-order valence-electron chi connectivity index (χ4n) is 2.49. The van der Waals surface area contributed by atoms with Crippen LogP contribution in [0.2, 0.25) is 0 Å². The predicted molar refractivity (Wildman–Crippen MR) is 100 cm³/mol. The summed E-state index contributed by atoms with van der Waals surface area (Å²) in [5.41, 5.74) is 3.34. The van der Waals surface area contributed by atoms with E-state index in [2.05, 4.69) is 18.3 Å². The number of aryl methyl sites for hydroxylation is 2. The van der Waals surface area contributed by atoms with Gasteiger partial charge in [0.1, 0.15) is 18.1 Å². The molecule has 2 aromatic carbocycles. The number of carbonyl (C=O) groups excluding carboxylic acids is 1. The number of rotatable bonds is 8. The van der Waals surface area contributed by atoms with Crippen molar-refractivity contribution >= 4 is 5.91 Å². The van der Waals surface area contributed by atoms with Gasteiger partial charge in [-0.1, -0.05) is 37.3 Å². The molecular formula is C21H27NO3. The fraction of sp³-hybridized carbons (Fsp3) is 0.381. The van der Waals surface area contributed by atoms with Crippen molar-refractivity contribution in [1.82, 2.24) is 5.32 Å². The molecule has 0 spiro atoms. The Bertz CT molecular complexity index is 712. The van der Waals surface area contributed by atoms with Gasteiger partial charge in [0.25, 0.3) is 5.91 Å². The molecule has 2 rings (SSSR count). The first-order valence-electron chi connectivity index (χ1n) is 8.72. The zero-order valence-electron chi connectivity index (χ0n) is 15.5. The Hall–Kier alpha value is -2.49. The van der Waals surface area contributed by atoms with Gasteiger partial charge in [0, 0.05) is 0 Å². The first-order valence-corrected chi connectivity index (χ1v) is 8.72. The van der Waals surface area contributed by atoms with Crippen molar-refractivity contribution in [3.63, 3.8) is 0 Å². The van der Waals surface area contributed by atoms with E-state index in [-0.39, 0.29) is 5.91 Å². The van der Waals surface area contributed by atoms with Crippen molar-refractivity contribution in [3.8, 4) is 11.5 Å². The minimum Gasteiger partial charge on any atom is -0.491 e. The lowest BCUT2D eigenvalue weighted by molar-refractivity contribution is -0.128. The molecule has 0 aromatic heterocycles. The Labute approximate surface area is 150 Å². The molecule has 134 valence electrons. The van der Waals surface area contributed by atoms with Crippen LogP contribution in [-0.4, -0.2) is 25.2 Å². The summed E-state index contributed by atoms with van der Waals surface area (Å²) in [4.78, 5) is 12.3. The van der Waals surface area contributed by atoms with Crippen LogP contribution in [0.1, 0.15) is 30.0 Å². The summed E-state index contributed by atoms with van der Waals surface area (Å²) in [5, 5.41) is 2.89. The van der Waals surface area contributed by atoms with E-state index in [0.29, 0.717) is 19.6 Å². The normalized spacial score (nSPS) is 11.7. The number of para-hydroxylation sites is 1. The van der Waals surface area contributed by atoms with Gasteiger partial charge < -0.3 is 14.8 Å².